The van der Waals surface area contributed by atoms with E-state index < -0.39 is 0 Å². The minimum Gasteiger partial charge on any atom is -0.506 e. The summed E-state index contributed by atoms with van der Waals surface area (Å²) in [6.45, 7) is 0. The standard InChI is InChI=1S/C13H12O2S2/c14-10-8-4-1-2-5-9(8)11(15)13-12(10)16-6-3-7-17-13/h1-2,4-5,14-15H,3,6-7H2. The number of fused-ring (bicyclic) bond motifs is 2. The third-order valence-corrected chi connectivity index (χ3v) is 5.34. The highest BCUT2D eigenvalue weighted by Crippen LogP contribution is 2.50. The third kappa shape index (κ3) is 1.76. The number of phenolic OH excluding ortho intramolecular Hbond substituents is 2. The first-order valence-corrected chi connectivity index (χ1v) is 7.48. The van der Waals surface area contributed by atoms with Gasteiger partial charge in [0.2, 0.25) is 0 Å². The number of hydrogen-bond acceptors (Lipinski definition) is 4. The fraction of sp³-hybridized carbons (Fsp3) is 0.231. The van der Waals surface area contributed by atoms with Gasteiger partial charge in [0, 0.05) is 10.8 Å². The fourth-order valence-electron chi connectivity index (χ4n) is 2.03. The molecular formula is C13H12O2S2. The van der Waals surface area contributed by atoms with Gasteiger partial charge in [-0.3, -0.25) is 0 Å². The number of aromatic hydroxyl groups is 2. The molecule has 1 heterocycles. The lowest BCUT2D eigenvalue weighted by Gasteiger charge is -2.13. The molecule has 0 unspecified atom stereocenters. The number of hydrogen-bond donors (Lipinski definition) is 2. The van der Waals surface area contributed by atoms with E-state index in [9.17, 15) is 10.2 Å². The quantitative estimate of drug-likeness (QED) is 0.709. The minimum atomic E-state index is 0.313. The van der Waals surface area contributed by atoms with Crippen LogP contribution in [0.3, 0.4) is 0 Å². The van der Waals surface area contributed by atoms with Crippen molar-refractivity contribution in [3.63, 3.8) is 0 Å². The molecule has 1 aliphatic rings. The summed E-state index contributed by atoms with van der Waals surface area (Å²) >= 11 is 3.27. The van der Waals surface area contributed by atoms with Crippen molar-refractivity contribution in [2.75, 3.05) is 11.5 Å². The number of phenols is 2. The Balaban J connectivity index is 2.38. The summed E-state index contributed by atoms with van der Waals surface area (Å²) in [5, 5.41) is 22.1. The van der Waals surface area contributed by atoms with Crippen LogP contribution in [0, 0.1) is 0 Å². The zero-order valence-corrected chi connectivity index (χ0v) is 10.8. The van der Waals surface area contributed by atoms with E-state index in [1.54, 1.807) is 23.5 Å². The number of rotatable bonds is 0. The molecule has 0 bridgehead atoms. The molecule has 0 amide bonds. The highest BCUT2D eigenvalue weighted by atomic mass is 32.2. The van der Waals surface area contributed by atoms with E-state index >= 15 is 0 Å². The predicted octanol–water partition coefficient (Wildman–Crippen LogP) is 3.84. The lowest BCUT2D eigenvalue weighted by molar-refractivity contribution is 0.445. The van der Waals surface area contributed by atoms with E-state index in [0.29, 0.717) is 11.5 Å². The molecule has 2 N–H and O–H groups in total. The second kappa shape index (κ2) is 4.35. The smallest absolute Gasteiger partial charge is 0.138 e. The second-order valence-corrected chi connectivity index (χ2v) is 6.16. The summed E-state index contributed by atoms with van der Waals surface area (Å²) in [4.78, 5) is 1.67. The molecule has 0 atom stereocenters. The maximum atomic E-state index is 10.3. The summed E-state index contributed by atoms with van der Waals surface area (Å²) in [7, 11) is 0. The molecule has 0 spiro atoms. The normalized spacial score (nSPS) is 15.5. The fourth-order valence-corrected chi connectivity index (χ4v) is 4.50. The predicted molar refractivity (Wildman–Crippen MR) is 73.3 cm³/mol. The van der Waals surface area contributed by atoms with E-state index in [-0.39, 0.29) is 0 Å². The summed E-state index contributed by atoms with van der Waals surface area (Å²) in [6, 6.07) is 7.45. The molecule has 4 heteroatoms. The molecule has 0 fully saturated rings. The Hall–Kier alpha value is -1.000. The van der Waals surface area contributed by atoms with E-state index in [1.807, 2.05) is 24.3 Å². The highest BCUT2D eigenvalue weighted by molar-refractivity contribution is 8.03. The van der Waals surface area contributed by atoms with Crippen molar-refractivity contribution in [2.24, 2.45) is 0 Å². The topological polar surface area (TPSA) is 40.5 Å². The van der Waals surface area contributed by atoms with Gasteiger partial charge in [0.1, 0.15) is 11.5 Å². The van der Waals surface area contributed by atoms with Crippen molar-refractivity contribution in [1.29, 1.82) is 0 Å². The number of benzene rings is 2. The zero-order valence-electron chi connectivity index (χ0n) is 9.14. The molecule has 88 valence electrons. The highest BCUT2D eigenvalue weighted by Gasteiger charge is 2.21. The van der Waals surface area contributed by atoms with Gasteiger partial charge in [0.25, 0.3) is 0 Å². The minimum absolute atomic E-state index is 0.313. The molecule has 0 aromatic heterocycles. The summed E-state index contributed by atoms with van der Waals surface area (Å²) in [5.74, 6) is 2.61. The maximum Gasteiger partial charge on any atom is 0.138 e. The molecule has 2 aromatic carbocycles. The van der Waals surface area contributed by atoms with Crippen molar-refractivity contribution < 1.29 is 10.2 Å². The van der Waals surface area contributed by atoms with E-state index in [0.717, 1.165) is 38.5 Å². The van der Waals surface area contributed by atoms with Gasteiger partial charge >= 0.3 is 0 Å². The molecular weight excluding hydrogens is 252 g/mol. The molecule has 3 rings (SSSR count). The van der Waals surface area contributed by atoms with E-state index in [1.165, 1.54) is 0 Å². The van der Waals surface area contributed by atoms with Gasteiger partial charge < -0.3 is 10.2 Å². The van der Waals surface area contributed by atoms with Crippen molar-refractivity contribution in [3.8, 4) is 11.5 Å². The Morgan fingerprint density at radius 2 is 1.29 bits per heavy atom. The summed E-state index contributed by atoms with van der Waals surface area (Å²) < 4.78 is 0. The van der Waals surface area contributed by atoms with Crippen LogP contribution < -0.4 is 0 Å². The van der Waals surface area contributed by atoms with E-state index in [2.05, 4.69) is 0 Å². The van der Waals surface area contributed by atoms with Crippen molar-refractivity contribution >= 4 is 34.3 Å². The largest absolute Gasteiger partial charge is 0.506 e. The first-order chi connectivity index (χ1) is 8.29. The number of thioether (sulfide) groups is 2. The van der Waals surface area contributed by atoms with Gasteiger partial charge in [-0.2, -0.15) is 0 Å². The van der Waals surface area contributed by atoms with Gasteiger partial charge in [-0.05, 0) is 17.9 Å². The molecule has 1 aliphatic heterocycles. The van der Waals surface area contributed by atoms with Gasteiger partial charge in [0.05, 0.1) is 9.79 Å². The van der Waals surface area contributed by atoms with Crippen LogP contribution in [0.2, 0.25) is 0 Å². The Kier molecular flexibility index (Phi) is 2.84. The first-order valence-electron chi connectivity index (χ1n) is 5.51. The van der Waals surface area contributed by atoms with Crippen LogP contribution in [0.1, 0.15) is 6.42 Å². The zero-order chi connectivity index (χ0) is 11.8. The van der Waals surface area contributed by atoms with E-state index in [4.69, 9.17) is 0 Å². The average Bonchev–Trinajstić information content (AvgIpc) is 2.62. The van der Waals surface area contributed by atoms with Crippen molar-refractivity contribution in [3.05, 3.63) is 24.3 Å². The summed E-state index contributed by atoms with van der Waals surface area (Å²) in [5.41, 5.74) is 0. The molecule has 0 aliphatic carbocycles. The lowest BCUT2D eigenvalue weighted by Crippen LogP contribution is -1.84. The Bertz CT molecular complexity index is 531. The van der Waals surface area contributed by atoms with Crippen LogP contribution >= 0.6 is 23.5 Å². The van der Waals surface area contributed by atoms with Crippen LogP contribution in [0.4, 0.5) is 0 Å². The average molecular weight is 264 g/mol. The third-order valence-electron chi connectivity index (χ3n) is 2.86. The monoisotopic (exact) mass is 264 g/mol. The van der Waals surface area contributed by atoms with Crippen molar-refractivity contribution in [2.45, 2.75) is 16.2 Å². The van der Waals surface area contributed by atoms with Crippen LogP contribution in [-0.4, -0.2) is 21.7 Å². The van der Waals surface area contributed by atoms with Gasteiger partial charge in [-0.15, -0.1) is 23.5 Å². The second-order valence-electron chi connectivity index (χ2n) is 3.95. The molecule has 2 aromatic rings. The SMILES string of the molecule is Oc1c2c(c(O)c3ccccc13)SCCCS2. The van der Waals surface area contributed by atoms with Gasteiger partial charge in [-0.1, -0.05) is 24.3 Å². The Morgan fingerprint density at radius 1 is 0.824 bits per heavy atom. The van der Waals surface area contributed by atoms with Crippen LogP contribution in [0.25, 0.3) is 10.8 Å². The Morgan fingerprint density at radius 3 is 1.76 bits per heavy atom. The molecule has 17 heavy (non-hydrogen) atoms. The molecule has 0 saturated heterocycles. The van der Waals surface area contributed by atoms with Crippen molar-refractivity contribution in [1.82, 2.24) is 0 Å². The molecule has 2 nitrogen and oxygen atoms in total. The molecule has 0 saturated carbocycles. The lowest BCUT2D eigenvalue weighted by atomic mass is 10.1. The molecule has 0 radical (unpaired) electrons. The van der Waals surface area contributed by atoms with Gasteiger partial charge in [0.15, 0.2) is 0 Å². The first kappa shape index (κ1) is 11.1. The summed E-state index contributed by atoms with van der Waals surface area (Å²) in [6.07, 6.45) is 1.10. The van der Waals surface area contributed by atoms with Gasteiger partial charge in [-0.25, -0.2) is 0 Å². The Labute approximate surface area is 108 Å². The van der Waals surface area contributed by atoms with Crippen LogP contribution in [0.15, 0.2) is 34.1 Å². The van der Waals surface area contributed by atoms with Crippen LogP contribution in [0.5, 0.6) is 11.5 Å². The van der Waals surface area contributed by atoms with Crippen LogP contribution in [-0.2, 0) is 0 Å². The maximum absolute atomic E-state index is 10.3.